The van der Waals surface area contributed by atoms with E-state index in [9.17, 15) is 0 Å². The van der Waals surface area contributed by atoms with Crippen LogP contribution in [0.15, 0.2) is 18.5 Å². The van der Waals surface area contributed by atoms with E-state index in [1.807, 2.05) is 6.07 Å². The Labute approximate surface area is 103 Å². The van der Waals surface area contributed by atoms with Crippen molar-refractivity contribution in [2.45, 2.75) is 25.3 Å². The molecular weight excluding hydrogens is 234 g/mol. The highest BCUT2D eigenvalue weighted by Crippen LogP contribution is 2.22. The van der Waals surface area contributed by atoms with Gasteiger partial charge in [-0.25, -0.2) is 0 Å². The van der Waals surface area contributed by atoms with Gasteiger partial charge in [0, 0.05) is 24.6 Å². The second kappa shape index (κ2) is 4.85. The van der Waals surface area contributed by atoms with Crippen molar-refractivity contribution in [3.8, 4) is 10.6 Å². The number of rotatable bonds is 5. The molecule has 6 heteroatoms. The van der Waals surface area contributed by atoms with Gasteiger partial charge in [-0.1, -0.05) is 11.3 Å². The van der Waals surface area contributed by atoms with Crippen LogP contribution >= 0.6 is 11.3 Å². The maximum Gasteiger partial charge on any atom is 0.149 e. The highest BCUT2D eigenvalue weighted by molar-refractivity contribution is 7.14. The zero-order chi connectivity index (χ0) is 11.5. The number of hydrogen-bond donors (Lipinski definition) is 1. The van der Waals surface area contributed by atoms with E-state index >= 15 is 0 Å². The van der Waals surface area contributed by atoms with Crippen LogP contribution in [0.1, 0.15) is 17.8 Å². The first-order valence-corrected chi connectivity index (χ1v) is 6.56. The molecule has 0 aliphatic heterocycles. The number of hydrogen-bond acceptors (Lipinski definition) is 6. The topological polar surface area (TPSA) is 63.6 Å². The first-order valence-electron chi connectivity index (χ1n) is 5.74. The van der Waals surface area contributed by atoms with Crippen molar-refractivity contribution < 1.29 is 0 Å². The van der Waals surface area contributed by atoms with Gasteiger partial charge in [0.25, 0.3) is 0 Å². The molecule has 0 radical (unpaired) electrons. The molecule has 0 atom stereocenters. The summed E-state index contributed by atoms with van der Waals surface area (Å²) in [5, 5.41) is 21.4. The monoisotopic (exact) mass is 247 g/mol. The van der Waals surface area contributed by atoms with Crippen molar-refractivity contribution in [3.63, 3.8) is 0 Å². The molecule has 2 heterocycles. The molecule has 5 nitrogen and oxygen atoms in total. The first-order chi connectivity index (χ1) is 8.42. The summed E-state index contributed by atoms with van der Waals surface area (Å²) in [5.74, 6) is 0. The molecule has 1 N–H and O–H groups in total. The third-order valence-corrected chi connectivity index (χ3v) is 3.68. The van der Waals surface area contributed by atoms with Gasteiger partial charge in [0.1, 0.15) is 10.0 Å². The predicted molar refractivity (Wildman–Crippen MR) is 65.7 cm³/mol. The summed E-state index contributed by atoms with van der Waals surface area (Å²) in [5.41, 5.74) is 0.985. The minimum absolute atomic E-state index is 0.756. The maximum absolute atomic E-state index is 4.19. The van der Waals surface area contributed by atoms with Crippen LogP contribution in [0.25, 0.3) is 10.6 Å². The Balaban J connectivity index is 1.61. The van der Waals surface area contributed by atoms with E-state index in [1.54, 1.807) is 23.7 Å². The second-order valence-corrected chi connectivity index (χ2v) is 5.17. The van der Waals surface area contributed by atoms with Gasteiger partial charge in [-0.05, 0) is 18.9 Å². The van der Waals surface area contributed by atoms with Crippen LogP contribution < -0.4 is 5.32 Å². The fourth-order valence-electron chi connectivity index (χ4n) is 1.56. The van der Waals surface area contributed by atoms with Gasteiger partial charge in [-0.3, -0.25) is 0 Å². The summed E-state index contributed by atoms with van der Waals surface area (Å²) in [6, 6.07) is 2.66. The predicted octanol–water partition coefficient (Wildman–Crippen LogP) is 1.29. The standard InChI is InChI=1S/C11H13N5S/c1-2-9(1)12-5-4-10-15-16-11(17-10)8-3-6-13-14-7-8/h3,6-7,9,12H,1-2,4-5H2. The van der Waals surface area contributed by atoms with Gasteiger partial charge < -0.3 is 5.32 Å². The summed E-state index contributed by atoms with van der Waals surface area (Å²) in [6.45, 7) is 0.994. The molecule has 0 bridgehead atoms. The van der Waals surface area contributed by atoms with E-state index in [2.05, 4.69) is 25.7 Å². The zero-order valence-corrected chi connectivity index (χ0v) is 10.2. The molecule has 1 saturated carbocycles. The lowest BCUT2D eigenvalue weighted by atomic mass is 10.3. The van der Waals surface area contributed by atoms with Crippen LogP contribution in [0.4, 0.5) is 0 Å². The molecular formula is C11H13N5S. The van der Waals surface area contributed by atoms with E-state index in [1.165, 1.54) is 12.8 Å². The third kappa shape index (κ3) is 2.83. The van der Waals surface area contributed by atoms with Gasteiger partial charge in [0.15, 0.2) is 0 Å². The smallest absolute Gasteiger partial charge is 0.149 e. The van der Waals surface area contributed by atoms with Crippen LogP contribution in [0, 0.1) is 0 Å². The zero-order valence-electron chi connectivity index (χ0n) is 9.33. The van der Waals surface area contributed by atoms with Crippen LogP contribution in [0.3, 0.4) is 0 Å². The normalized spacial score (nSPS) is 15.1. The summed E-state index contributed by atoms with van der Waals surface area (Å²) in [6.07, 6.45) is 6.98. The second-order valence-electron chi connectivity index (χ2n) is 4.11. The summed E-state index contributed by atoms with van der Waals surface area (Å²) >= 11 is 1.63. The average Bonchev–Trinajstić information content (AvgIpc) is 3.07. The molecule has 88 valence electrons. The fraction of sp³-hybridized carbons (Fsp3) is 0.455. The molecule has 0 aromatic carbocycles. The minimum atomic E-state index is 0.756. The highest BCUT2D eigenvalue weighted by atomic mass is 32.1. The molecule has 1 fully saturated rings. The van der Waals surface area contributed by atoms with Crippen molar-refractivity contribution in [1.82, 2.24) is 25.7 Å². The van der Waals surface area contributed by atoms with Gasteiger partial charge in [-0.15, -0.1) is 10.2 Å². The number of nitrogens with zero attached hydrogens (tertiary/aromatic N) is 4. The Morgan fingerprint density at radius 1 is 1.29 bits per heavy atom. The molecule has 0 spiro atoms. The molecule has 2 aromatic rings. The van der Waals surface area contributed by atoms with Crippen LogP contribution in [0.2, 0.25) is 0 Å². The molecule has 3 rings (SSSR count). The highest BCUT2D eigenvalue weighted by Gasteiger charge is 2.19. The maximum atomic E-state index is 4.19. The Bertz CT molecular complexity index is 480. The summed E-state index contributed by atoms with van der Waals surface area (Å²) < 4.78 is 0. The Kier molecular flexibility index (Phi) is 3.06. The van der Waals surface area contributed by atoms with Crippen molar-refractivity contribution in [1.29, 1.82) is 0 Å². The number of aromatic nitrogens is 4. The lowest BCUT2D eigenvalue weighted by Crippen LogP contribution is -2.19. The van der Waals surface area contributed by atoms with E-state index in [-0.39, 0.29) is 0 Å². The Morgan fingerprint density at radius 3 is 3.00 bits per heavy atom. The minimum Gasteiger partial charge on any atom is -0.314 e. The molecule has 0 unspecified atom stereocenters. The lowest BCUT2D eigenvalue weighted by Gasteiger charge is -1.97. The number of nitrogens with one attached hydrogen (secondary N) is 1. The molecule has 2 aromatic heterocycles. The third-order valence-electron chi connectivity index (χ3n) is 2.65. The molecule has 0 amide bonds. The van der Waals surface area contributed by atoms with Crippen molar-refractivity contribution in [2.24, 2.45) is 0 Å². The fourth-order valence-corrected chi connectivity index (χ4v) is 2.39. The van der Waals surface area contributed by atoms with Gasteiger partial charge in [-0.2, -0.15) is 10.2 Å². The van der Waals surface area contributed by atoms with Crippen LogP contribution in [-0.4, -0.2) is 33.0 Å². The summed E-state index contributed by atoms with van der Waals surface area (Å²) in [4.78, 5) is 0. The Hall–Kier alpha value is -1.40. The first kappa shape index (κ1) is 10.7. The Morgan fingerprint density at radius 2 is 2.24 bits per heavy atom. The van der Waals surface area contributed by atoms with Crippen molar-refractivity contribution in [3.05, 3.63) is 23.5 Å². The van der Waals surface area contributed by atoms with E-state index in [4.69, 9.17) is 0 Å². The van der Waals surface area contributed by atoms with Gasteiger partial charge in [0.2, 0.25) is 0 Å². The van der Waals surface area contributed by atoms with Crippen molar-refractivity contribution >= 4 is 11.3 Å². The van der Waals surface area contributed by atoms with Gasteiger partial charge >= 0.3 is 0 Å². The largest absolute Gasteiger partial charge is 0.314 e. The summed E-state index contributed by atoms with van der Waals surface area (Å²) in [7, 11) is 0. The lowest BCUT2D eigenvalue weighted by molar-refractivity contribution is 0.677. The molecule has 17 heavy (non-hydrogen) atoms. The van der Waals surface area contributed by atoms with Crippen LogP contribution in [0.5, 0.6) is 0 Å². The van der Waals surface area contributed by atoms with E-state index in [0.717, 1.165) is 34.6 Å². The van der Waals surface area contributed by atoms with E-state index in [0.29, 0.717) is 0 Å². The quantitative estimate of drug-likeness (QED) is 0.862. The SMILES string of the molecule is c1cc(-c2nnc(CCNC3CC3)s2)cnn1. The molecule has 0 saturated heterocycles. The van der Waals surface area contributed by atoms with Crippen LogP contribution in [-0.2, 0) is 6.42 Å². The van der Waals surface area contributed by atoms with E-state index < -0.39 is 0 Å². The average molecular weight is 247 g/mol. The van der Waals surface area contributed by atoms with Gasteiger partial charge in [0.05, 0.1) is 12.4 Å². The molecule has 1 aliphatic rings. The van der Waals surface area contributed by atoms with Crippen molar-refractivity contribution in [2.75, 3.05) is 6.54 Å². The molecule has 1 aliphatic carbocycles.